The van der Waals surface area contributed by atoms with E-state index >= 15 is 0 Å². The maximum Gasteiger partial charge on any atom is 0.0159 e. The van der Waals surface area contributed by atoms with E-state index in [1.54, 1.807) is 0 Å². The van der Waals surface area contributed by atoms with Gasteiger partial charge < -0.3 is 0 Å². The van der Waals surface area contributed by atoms with Gasteiger partial charge in [0.1, 0.15) is 0 Å². The Morgan fingerprint density at radius 1 is 0.291 bits per heavy atom. The van der Waals surface area contributed by atoms with Gasteiger partial charge in [0.2, 0.25) is 0 Å². The molecule has 0 aliphatic heterocycles. The summed E-state index contributed by atoms with van der Waals surface area (Å²) < 4.78 is 0. The first-order chi connectivity index (χ1) is 27.0. The van der Waals surface area contributed by atoms with Gasteiger partial charge in [0, 0.05) is 5.41 Å². The fraction of sp³-hybridized carbons (Fsp3) is 0.0545. The van der Waals surface area contributed by atoms with Crippen LogP contribution in [0.3, 0.4) is 0 Å². The van der Waals surface area contributed by atoms with Crippen molar-refractivity contribution in [2.24, 2.45) is 0 Å². The molecule has 0 amide bonds. The molecule has 0 saturated heterocycles. The Balaban J connectivity index is 1.14. The maximum absolute atomic E-state index is 2.44. The van der Waals surface area contributed by atoms with Gasteiger partial charge in [0.25, 0.3) is 0 Å². The minimum absolute atomic E-state index is 0.0317. The van der Waals surface area contributed by atoms with E-state index in [-0.39, 0.29) is 5.41 Å². The highest BCUT2D eigenvalue weighted by Crippen LogP contribution is 2.51. The Kier molecular flexibility index (Phi) is 7.00. The molecule has 55 heavy (non-hydrogen) atoms. The fourth-order valence-corrected chi connectivity index (χ4v) is 9.59. The molecule has 0 spiro atoms. The summed E-state index contributed by atoms with van der Waals surface area (Å²) in [7, 11) is 0. The Bertz CT molecular complexity index is 3160. The van der Waals surface area contributed by atoms with Crippen LogP contribution >= 0.6 is 0 Å². The summed E-state index contributed by atoms with van der Waals surface area (Å²) >= 11 is 0. The highest BCUT2D eigenvalue weighted by molar-refractivity contribution is 6.28. The fourth-order valence-electron chi connectivity index (χ4n) is 9.59. The average molecular weight is 699 g/mol. The van der Waals surface area contributed by atoms with Crippen LogP contribution in [0.1, 0.15) is 25.0 Å². The summed E-state index contributed by atoms with van der Waals surface area (Å²) in [5.74, 6) is 0. The van der Waals surface area contributed by atoms with Gasteiger partial charge in [-0.05, 0) is 134 Å². The number of rotatable bonds is 4. The second-order valence-corrected chi connectivity index (χ2v) is 15.6. The van der Waals surface area contributed by atoms with E-state index in [4.69, 9.17) is 0 Å². The molecule has 0 aromatic heterocycles. The predicted molar refractivity (Wildman–Crippen MR) is 236 cm³/mol. The summed E-state index contributed by atoms with van der Waals surface area (Å²) in [5.41, 5.74) is 15.5. The summed E-state index contributed by atoms with van der Waals surface area (Å²) in [4.78, 5) is 0. The van der Waals surface area contributed by atoms with E-state index in [2.05, 4.69) is 208 Å². The van der Waals surface area contributed by atoms with Gasteiger partial charge in [-0.15, -0.1) is 0 Å². The summed E-state index contributed by atoms with van der Waals surface area (Å²) in [5, 5.41) is 10.2. The van der Waals surface area contributed by atoms with Crippen molar-refractivity contribution in [1.29, 1.82) is 0 Å². The topological polar surface area (TPSA) is 0 Å². The first-order valence-corrected chi connectivity index (χ1v) is 19.3. The number of fused-ring (bicyclic) bond motifs is 8. The molecule has 10 aromatic rings. The van der Waals surface area contributed by atoms with Crippen LogP contribution in [0.2, 0.25) is 0 Å². The van der Waals surface area contributed by atoms with Crippen LogP contribution in [0.5, 0.6) is 0 Å². The van der Waals surface area contributed by atoms with E-state index < -0.39 is 0 Å². The van der Waals surface area contributed by atoms with Gasteiger partial charge in [-0.3, -0.25) is 0 Å². The van der Waals surface area contributed by atoms with E-state index in [1.807, 2.05) is 0 Å². The monoisotopic (exact) mass is 698 g/mol. The van der Waals surface area contributed by atoms with Crippen molar-refractivity contribution < 1.29 is 0 Å². The quantitative estimate of drug-likeness (QED) is 0.127. The molecular formula is C55H38. The summed E-state index contributed by atoms with van der Waals surface area (Å²) in [6, 6.07) is 72.2. The molecule has 0 atom stereocenters. The number of benzene rings is 10. The van der Waals surface area contributed by atoms with Crippen molar-refractivity contribution in [3.63, 3.8) is 0 Å². The zero-order valence-electron chi connectivity index (χ0n) is 31.0. The van der Waals surface area contributed by atoms with E-state index in [0.717, 1.165) is 0 Å². The van der Waals surface area contributed by atoms with Crippen LogP contribution < -0.4 is 0 Å². The molecule has 0 saturated carbocycles. The van der Waals surface area contributed by atoms with Crippen LogP contribution in [-0.4, -0.2) is 0 Å². The standard InChI is InChI=1S/C55H38/c1-55(2)50-26-13-12-22-44(50)49-33-39-28-27-38(32-41(39)34-51(49)55)37-18-14-19-40(31-37)52-46-24-10-11-25-47(46)54(53-43-21-7-6-17-36(43)29-30-48(52)53)45-23-9-8-20-42(45)35-15-4-3-5-16-35/h3-34H,1-2H3. The first kappa shape index (κ1) is 31.7. The van der Waals surface area contributed by atoms with Crippen molar-refractivity contribution in [1.82, 2.24) is 0 Å². The Labute approximate surface area is 322 Å². The maximum atomic E-state index is 2.44. The van der Waals surface area contributed by atoms with Gasteiger partial charge in [-0.1, -0.05) is 184 Å². The highest BCUT2D eigenvalue weighted by atomic mass is 14.4. The van der Waals surface area contributed by atoms with Crippen LogP contribution in [0.25, 0.3) is 98.7 Å². The van der Waals surface area contributed by atoms with Crippen molar-refractivity contribution in [2.45, 2.75) is 19.3 Å². The molecular weight excluding hydrogens is 661 g/mol. The second kappa shape index (κ2) is 12.1. The smallest absolute Gasteiger partial charge is 0.0159 e. The second-order valence-electron chi connectivity index (χ2n) is 15.6. The molecule has 258 valence electrons. The van der Waals surface area contributed by atoms with Crippen molar-refractivity contribution in [2.75, 3.05) is 0 Å². The minimum Gasteiger partial charge on any atom is -0.0622 e. The molecule has 10 aromatic carbocycles. The molecule has 0 N–H and O–H groups in total. The summed E-state index contributed by atoms with van der Waals surface area (Å²) in [6.07, 6.45) is 0. The van der Waals surface area contributed by atoms with Crippen LogP contribution in [0.15, 0.2) is 194 Å². The lowest BCUT2D eigenvalue weighted by molar-refractivity contribution is 0.661. The lowest BCUT2D eigenvalue weighted by atomic mass is 9.81. The molecule has 0 fully saturated rings. The lowest BCUT2D eigenvalue weighted by Gasteiger charge is -2.22. The number of hydrogen-bond donors (Lipinski definition) is 0. The molecule has 11 rings (SSSR count). The third-order valence-electron chi connectivity index (χ3n) is 12.2. The number of hydrogen-bond acceptors (Lipinski definition) is 0. The van der Waals surface area contributed by atoms with Crippen LogP contribution in [0.4, 0.5) is 0 Å². The van der Waals surface area contributed by atoms with Gasteiger partial charge in [0.05, 0.1) is 0 Å². The van der Waals surface area contributed by atoms with Gasteiger partial charge in [0.15, 0.2) is 0 Å². The Hall–Kier alpha value is -6.76. The molecule has 1 aliphatic carbocycles. The molecule has 0 nitrogen and oxygen atoms in total. The predicted octanol–water partition coefficient (Wildman–Crippen LogP) is 15.3. The first-order valence-electron chi connectivity index (χ1n) is 19.3. The van der Waals surface area contributed by atoms with Crippen molar-refractivity contribution in [3.05, 3.63) is 205 Å². The van der Waals surface area contributed by atoms with E-state index in [9.17, 15) is 0 Å². The van der Waals surface area contributed by atoms with Gasteiger partial charge in [-0.25, -0.2) is 0 Å². The molecule has 1 aliphatic rings. The largest absolute Gasteiger partial charge is 0.0622 e. The molecule has 0 radical (unpaired) electrons. The van der Waals surface area contributed by atoms with Gasteiger partial charge >= 0.3 is 0 Å². The Morgan fingerprint density at radius 2 is 0.909 bits per heavy atom. The Morgan fingerprint density at radius 3 is 1.75 bits per heavy atom. The summed E-state index contributed by atoms with van der Waals surface area (Å²) in [6.45, 7) is 4.72. The highest BCUT2D eigenvalue weighted by Gasteiger charge is 2.35. The lowest BCUT2D eigenvalue weighted by Crippen LogP contribution is -2.14. The molecule has 0 unspecified atom stereocenters. The minimum atomic E-state index is -0.0317. The average Bonchev–Trinajstić information content (AvgIpc) is 3.46. The zero-order chi connectivity index (χ0) is 36.7. The normalized spacial score (nSPS) is 13.1. The van der Waals surface area contributed by atoms with E-state index in [0.29, 0.717) is 0 Å². The van der Waals surface area contributed by atoms with Crippen LogP contribution in [-0.2, 0) is 5.41 Å². The van der Waals surface area contributed by atoms with E-state index in [1.165, 1.54) is 110 Å². The molecule has 0 bridgehead atoms. The van der Waals surface area contributed by atoms with Crippen molar-refractivity contribution in [3.8, 4) is 55.6 Å². The van der Waals surface area contributed by atoms with Crippen molar-refractivity contribution >= 4 is 43.1 Å². The van der Waals surface area contributed by atoms with Crippen LogP contribution in [0, 0.1) is 0 Å². The SMILES string of the molecule is CC1(C)c2ccccc2-c2cc3ccc(-c4cccc(-c5c6ccccc6c(-c6ccccc6-c6ccccc6)c6c5ccc5ccccc56)c4)cc3cc21. The third-order valence-corrected chi connectivity index (χ3v) is 12.2. The van der Waals surface area contributed by atoms with Gasteiger partial charge in [-0.2, -0.15) is 0 Å². The molecule has 0 heterocycles. The third kappa shape index (κ3) is 4.85. The molecule has 0 heteroatoms. The zero-order valence-corrected chi connectivity index (χ0v) is 31.0.